The van der Waals surface area contributed by atoms with Gasteiger partial charge in [0.25, 0.3) is 0 Å². The maximum atomic E-state index is 6.00. The Kier molecular flexibility index (Phi) is 11.6. The first kappa shape index (κ1) is 25.9. The summed E-state index contributed by atoms with van der Waals surface area (Å²) in [6, 6.07) is 17.0. The molecule has 3 aromatic rings. The molecule has 3 rings (SSSR count). The Morgan fingerprint density at radius 1 is 0.559 bits per heavy atom. The summed E-state index contributed by atoms with van der Waals surface area (Å²) in [6.07, 6.45) is 19.4. The third-order valence-corrected chi connectivity index (χ3v) is 6.38. The van der Waals surface area contributed by atoms with Gasteiger partial charge in [0, 0.05) is 18.0 Å². The van der Waals surface area contributed by atoms with Gasteiger partial charge in [-0.15, -0.1) is 0 Å². The van der Waals surface area contributed by atoms with E-state index in [1.165, 1.54) is 87.3 Å². The minimum Gasteiger partial charge on any atom is -0.489 e. The second kappa shape index (κ2) is 15.3. The van der Waals surface area contributed by atoms with Gasteiger partial charge >= 0.3 is 0 Å². The predicted octanol–water partition coefficient (Wildman–Crippen LogP) is 8.75. The van der Waals surface area contributed by atoms with Crippen LogP contribution in [0.1, 0.15) is 94.7 Å². The molecule has 0 bridgehead atoms. The van der Waals surface area contributed by atoms with Gasteiger partial charge in [-0.3, -0.25) is 0 Å². The molecule has 34 heavy (non-hydrogen) atoms. The molecule has 182 valence electrons. The van der Waals surface area contributed by atoms with E-state index in [1.807, 2.05) is 36.7 Å². The van der Waals surface area contributed by atoms with E-state index in [2.05, 4.69) is 48.1 Å². The fourth-order valence-electron chi connectivity index (χ4n) is 4.15. The van der Waals surface area contributed by atoms with E-state index < -0.39 is 0 Å². The molecule has 0 fully saturated rings. The van der Waals surface area contributed by atoms with Crippen molar-refractivity contribution in [2.45, 2.75) is 97.5 Å². The maximum absolute atomic E-state index is 6.00. The molecule has 0 aliphatic carbocycles. The smallest absolute Gasteiger partial charge is 0.159 e. The molecule has 0 N–H and O–H groups in total. The minimum absolute atomic E-state index is 0.583. The van der Waals surface area contributed by atoms with Crippen molar-refractivity contribution in [1.82, 2.24) is 9.97 Å². The van der Waals surface area contributed by atoms with Gasteiger partial charge in [-0.25, -0.2) is 9.97 Å². The molecule has 0 amide bonds. The Bertz CT molecular complexity index is 917. The summed E-state index contributed by atoms with van der Waals surface area (Å²) < 4.78 is 6.00. The lowest BCUT2D eigenvalue weighted by molar-refractivity contribution is 0.306. The largest absolute Gasteiger partial charge is 0.489 e. The van der Waals surface area contributed by atoms with E-state index in [0.717, 1.165) is 23.6 Å². The van der Waals surface area contributed by atoms with Gasteiger partial charge in [0.05, 0.1) is 0 Å². The molecule has 0 saturated heterocycles. The Morgan fingerprint density at radius 3 is 1.76 bits per heavy atom. The van der Waals surface area contributed by atoms with Crippen molar-refractivity contribution in [3.63, 3.8) is 0 Å². The molecule has 0 atom stereocenters. The van der Waals surface area contributed by atoms with Crippen molar-refractivity contribution < 1.29 is 4.74 Å². The number of unbranched alkanes of at least 4 members (excludes halogenated alkanes) is 8. The molecular formula is C31H42N2O. The lowest BCUT2D eigenvalue weighted by Crippen LogP contribution is -1.96. The molecule has 1 heterocycles. The van der Waals surface area contributed by atoms with Crippen LogP contribution in [0.2, 0.25) is 0 Å². The van der Waals surface area contributed by atoms with Gasteiger partial charge in [-0.2, -0.15) is 0 Å². The number of aryl methyl sites for hydroxylation is 2. The van der Waals surface area contributed by atoms with Crippen LogP contribution >= 0.6 is 0 Å². The molecule has 0 radical (unpaired) electrons. The van der Waals surface area contributed by atoms with Crippen LogP contribution in [0.3, 0.4) is 0 Å². The summed E-state index contributed by atoms with van der Waals surface area (Å²) in [5, 5.41) is 0. The zero-order valence-electron chi connectivity index (χ0n) is 21.3. The standard InChI is InChI=1S/C31H42N2O/c1-3-5-7-8-9-10-11-12-14-26-15-17-27(18-16-26)25-34-30-21-19-29(20-22-30)31-32-23-28(24-33-31)13-6-4-2/h15-24H,3-14,25H2,1-2H3. The van der Waals surface area contributed by atoms with Crippen molar-refractivity contribution in [1.29, 1.82) is 0 Å². The average Bonchev–Trinajstić information content (AvgIpc) is 2.89. The average molecular weight is 459 g/mol. The molecule has 0 spiro atoms. The molecule has 2 aromatic carbocycles. The van der Waals surface area contributed by atoms with Gasteiger partial charge in [-0.05, 0) is 66.6 Å². The maximum Gasteiger partial charge on any atom is 0.159 e. The first-order valence-corrected chi connectivity index (χ1v) is 13.4. The highest BCUT2D eigenvalue weighted by molar-refractivity contribution is 5.55. The summed E-state index contributed by atoms with van der Waals surface area (Å²) in [4.78, 5) is 9.06. The number of nitrogens with zero attached hydrogens (tertiary/aromatic N) is 2. The third kappa shape index (κ3) is 9.29. The molecule has 0 aliphatic heterocycles. The first-order chi connectivity index (χ1) is 16.8. The van der Waals surface area contributed by atoms with Crippen LogP contribution in [0.15, 0.2) is 60.9 Å². The second-order valence-electron chi connectivity index (χ2n) is 9.37. The van der Waals surface area contributed by atoms with E-state index in [0.29, 0.717) is 6.61 Å². The van der Waals surface area contributed by atoms with E-state index in [4.69, 9.17) is 4.74 Å². The lowest BCUT2D eigenvalue weighted by Gasteiger charge is -2.08. The Labute approximate surface area is 207 Å². The summed E-state index contributed by atoms with van der Waals surface area (Å²) in [5.41, 5.74) is 4.85. The van der Waals surface area contributed by atoms with Crippen LogP contribution in [0.25, 0.3) is 11.4 Å². The number of benzene rings is 2. The summed E-state index contributed by atoms with van der Waals surface area (Å²) >= 11 is 0. The fourth-order valence-corrected chi connectivity index (χ4v) is 4.15. The van der Waals surface area contributed by atoms with Crippen LogP contribution in [-0.4, -0.2) is 9.97 Å². The zero-order valence-corrected chi connectivity index (χ0v) is 21.3. The second-order valence-corrected chi connectivity index (χ2v) is 9.37. The SMILES string of the molecule is CCCCCCCCCCc1ccc(COc2ccc(-c3ncc(CCCC)cn3)cc2)cc1. The highest BCUT2D eigenvalue weighted by atomic mass is 16.5. The normalized spacial score (nSPS) is 11.0. The molecular weight excluding hydrogens is 416 g/mol. The number of rotatable bonds is 16. The number of hydrogen-bond donors (Lipinski definition) is 0. The summed E-state index contributed by atoms with van der Waals surface area (Å²) in [7, 11) is 0. The number of hydrogen-bond acceptors (Lipinski definition) is 3. The van der Waals surface area contributed by atoms with Gasteiger partial charge in [0.2, 0.25) is 0 Å². The number of ether oxygens (including phenoxy) is 1. The monoisotopic (exact) mass is 458 g/mol. The molecule has 3 heteroatoms. The molecule has 0 aliphatic rings. The Balaban J connectivity index is 1.37. The van der Waals surface area contributed by atoms with Crippen LogP contribution in [0.4, 0.5) is 0 Å². The van der Waals surface area contributed by atoms with Crippen LogP contribution in [0, 0.1) is 0 Å². The molecule has 1 aromatic heterocycles. The van der Waals surface area contributed by atoms with Gasteiger partial charge in [0.15, 0.2) is 5.82 Å². The van der Waals surface area contributed by atoms with Gasteiger partial charge in [0.1, 0.15) is 12.4 Å². The van der Waals surface area contributed by atoms with Crippen LogP contribution < -0.4 is 4.74 Å². The number of aromatic nitrogens is 2. The van der Waals surface area contributed by atoms with E-state index in [9.17, 15) is 0 Å². The zero-order chi connectivity index (χ0) is 23.8. The molecule has 0 saturated carbocycles. The third-order valence-electron chi connectivity index (χ3n) is 6.38. The minimum atomic E-state index is 0.583. The quantitative estimate of drug-likeness (QED) is 0.201. The summed E-state index contributed by atoms with van der Waals surface area (Å²) in [5.74, 6) is 1.63. The van der Waals surface area contributed by atoms with Crippen LogP contribution in [-0.2, 0) is 19.4 Å². The van der Waals surface area contributed by atoms with Crippen molar-refractivity contribution >= 4 is 0 Å². The van der Waals surface area contributed by atoms with E-state index in [-0.39, 0.29) is 0 Å². The summed E-state index contributed by atoms with van der Waals surface area (Å²) in [6.45, 7) is 5.06. The van der Waals surface area contributed by atoms with Crippen molar-refractivity contribution in [3.8, 4) is 17.1 Å². The van der Waals surface area contributed by atoms with E-state index in [1.54, 1.807) is 0 Å². The lowest BCUT2D eigenvalue weighted by atomic mass is 10.0. The highest BCUT2D eigenvalue weighted by Crippen LogP contribution is 2.21. The van der Waals surface area contributed by atoms with Gasteiger partial charge in [-0.1, -0.05) is 89.5 Å². The van der Waals surface area contributed by atoms with Crippen molar-refractivity contribution in [2.75, 3.05) is 0 Å². The van der Waals surface area contributed by atoms with Crippen molar-refractivity contribution in [2.24, 2.45) is 0 Å². The molecule has 0 unspecified atom stereocenters. The van der Waals surface area contributed by atoms with E-state index >= 15 is 0 Å². The Morgan fingerprint density at radius 2 is 1.12 bits per heavy atom. The Hall–Kier alpha value is -2.68. The van der Waals surface area contributed by atoms with Crippen molar-refractivity contribution in [3.05, 3.63) is 77.6 Å². The van der Waals surface area contributed by atoms with Gasteiger partial charge < -0.3 is 4.74 Å². The predicted molar refractivity (Wildman–Crippen MR) is 143 cm³/mol. The fraction of sp³-hybridized carbons (Fsp3) is 0.484. The van der Waals surface area contributed by atoms with Crippen LogP contribution in [0.5, 0.6) is 5.75 Å². The topological polar surface area (TPSA) is 35.0 Å². The molecule has 3 nitrogen and oxygen atoms in total. The first-order valence-electron chi connectivity index (χ1n) is 13.4. The highest BCUT2D eigenvalue weighted by Gasteiger charge is 2.03.